The molecule has 4 amide bonds. The molecule has 270 valence electrons. The first kappa shape index (κ1) is 33.0. The number of carbonyl (C=O) groups is 4. The molecule has 0 radical (unpaired) electrons. The van der Waals surface area contributed by atoms with Crippen molar-refractivity contribution in [3.63, 3.8) is 0 Å². The average Bonchev–Trinajstić information content (AvgIpc) is 3.67. The van der Waals surface area contributed by atoms with Crippen LogP contribution in [-0.4, -0.2) is 124 Å². The van der Waals surface area contributed by atoms with Crippen molar-refractivity contribution >= 4 is 51.9 Å². The quantitative estimate of drug-likeness (QED) is 0.287. The van der Waals surface area contributed by atoms with Gasteiger partial charge in [-0.3, -0.25) is 38.7 Å². The Morgan fingerprint density at radius 2 is 1.50 bits per heavy atom. The zero-order valence-electron chi connectivity index (χ0n) is 29.5. The molecule has 4 fully saturated rings. The summed E-state index contributed by atoms with van der Waals surface area (Å²) in [4.78, 5) is 71.1. The largest absolute Gasteiger partial charge is 0.369 e. The van der Waals surface area contributed by atoms with Gasteiger partial charge in [0, 0.05) is 63.6 Å². The molecular formula is C39H45N9O4. The number of hydrogen-bond acceptors (Lipinski definition) is 10. The van der Waals surface area contributed by atoms with Crippen LogP contribution in [0.4, 0.5) is 11.5 Å². The van der Waals surface area contributed by atoms with Gasteiger partial charge in [0.2, 0.25) is 17.6 Å². The Hall–Kier alpha value is -4.88. The molecule has 1 N–H and O–H groups in total. The van der Waals surface area contributed by atoms with Crippen molar-refractivity contribution in [1.82, 2.24) is 34.4 Å². The van der Waals surface area contributed by atoms with E-state index in [1.54, 1.807) is 12.1 Å². The van der Waals surface area contributed by atoms with Crippen molar-refractivity contribution in [2.75, 3.05) is 68.7 Å². The molecule has 0 aliphatic carbocycles. The van der Waals surface area contributed by atoms with Crippen LogP contribution in [0.5, 0.6) is 0 Å². The summed E-state index contributed by atoms with van der Waals surface area (Å²) in [6, 6.07) is 15.4. The van der Waals surface area contributed by atoms with Crippen molar-refractivity contribution < 1.29 is 19.2 Å². The van der Waals surface area contributed by atoms with Gasteiger partial charge in [-0.25, -0.2) is 4.98 Å². The molecule has 1 unspecified atom stereocenters. The lowest BCUT2D eigenvalue weighted by Gasteiger charge is -2.42. The molecule has 7 heterocycles. The van der Waals surface area contributed by atoms with Gasteiger partial charge in [-0.15, -0.1) is 0 Å². The van der Waals surface area contributed by atoms with E-state index in [9.17, 15) is 19.2 Å². The number of nitrogens with zero attached hydrogens (tertiary/aromatic N) is 8. The fourth-order valence-corrected chi connectivity index (χ4v) is 9.03. The predicted molar refractivity (Wildman–Crippen MR) is 196 cm³/mol. The normalized spacial score (nSPS) is 22.9. The minimum Gasteiger partial charge on any atom is -0.369 e. The van der Waals surface area contributed by atoms with E-state index in [1.807, 2.05) is 24.3 Å². The Morgan fingerprint density at radius 1 is 0.731 bits per heavy atom. The molecule has 2 aromatic carbocycles. The van der Waals surface area contributed by atoms with E-state index in [4.69, 9.17) is 9.97 Å². The van der Waals surface area contributed by atoms with Gasteiger partial charge < -0.3 is 14.7 Å². The molecule has 5 aliphatic heterocycles. The molecule has 9 rings (SSSR count). The summed E-state index contributed by atoms with van der Waals surface area (Å²) >= 11 is 0. The van der Waals surface area contributed by atoms with Crippen LogP contribution in [-0.2, 0) is 9.59 Å². The highest BCUT2D eigenvalue weighted by molar-refractivity contribution is 6.23. The van der Waals surface area contributed by atoms with Crippen molar-refractivity contribution in [1.29, 1.82) is 0 Å². The average molecular weight is 704 g/mol. The standard InChI is InChI=1S/C39H45N9O4/c49-35-8-7-33(36(50)42-35)48-37(51)29-6-5-28(25-30(29)38(48)52)45-23-21-43(22-24-45)15-9-26-10-16-44(17-11-26)27-12-18-46(19-13-27)34-14-20-47-32-4-2-1-3-31(32)40-39(47)41-34/h1-6,14,20,25-27,33H,7-13,15-19,21-24H2,(H,42,49,50). The number of carbonyl (C=O) groups excluding carboxylic acids is 4. The summed E-state index contributed by atoms with van der Waals surface area (Å²) in [5.74, 6) is 0.676. The molecule has 13 heteroatoms. The van der Waals surface area contributed by atoms with Crippen molar-refractivity contribution in [2.45, 2.75) is 57.0 Å². The molecule has 0 spiro atoms. The fourth-order valence-electron chi connectivity index (χ4n) is 9.03. The van der Waals surface area contributed by atoms with E-state index >= 15 is 0 Å². The monoisotopic (exact) mass is 703 g/mol. The minimum atomic E-state index is -0.947. The first-order chi connectivity index (χ1) is 25.4. The minimum absolute atomic E-state index is 0.112. The van der Waals surface area contributed by atoms with Gasteiger partial charge >= 0.3 is 0 Å². The number of para-hydroxylation sites is 2. The lowest BCUT2D eigenvalue weighted by Crippen LogP contribution is -2.54. The number of piperidine rings is 3. The maximum atomic E-state index is 13.3. The van der Waals surface area contributed by atoms with E-state index in [1.165, 1.54) is 45.2 Å². The highest BCUT2D eigenvalue weighted by atomic mass is 16.2. The lowest BCUT2D eigenvalue weighted by atomic mass is 9.91. The summed E-state index contributed by atoms with van der Waals surface area (Å²) in [6.45, 7) is 9.18. The zero-order valence-corrected chi connectivity index (χ0v) is 29.5. The number of nitrogens with one attached hydrogen (secondary N) is 1. The van der Waals surface area contributed by atoms with Gasteiger partial charge in [-0.2, -0.15) is 4.98 Å². The van der Waals surface area contributed by atoms with Crippen LogP contribution in [0, 0.1) is 5.92 Å². The number of piperazine rings is 1. The van der Waals surface area contributed by atoms with Crippen LogP contribution in [0.15, 0.2) is 54.7 Å². The van der Waals surface area contributed by atoms with Gasteiger partial charge in [0.15, 0.2) is 0 Å². The fraction of sp³-hybridized carbons (Fsp3) is 0.487. The second-order valence-electron chi connectivity index (χ2n) is 15.0. The third-order valence-electron chi connectivity index (χ3n) is 12.1. The number of amides is 4. The van der Waals surface area contributed by atoms with Crippen LogP contribution >= 0.6 is 0 Å². The number of hydrogen-bond donors (Lipinski definition) is 1. The number of fused-ring (bicyclic) bond motifs is 4. The second-order valence-corrected chi connectivity index (χ2v) is 15.0. The Morgan fingerprint density at radius 3 is 2.29 bits per heavy atom. The van der Waals surface area contributed by atoms with Crippen molar-refractivity contribution in [3.8, 4) is 0 Å². The van der Waals surface area contributed by atoms with Gasteiger partial charge in [-0.05, 0) is 100 Å². The SMILES string of the molecule is O=C1CCC(N2C(=O)c3ccc(N4CCN(CCC5CCN(C6CCN(c7ccn8c(n7)nc7ccccc78)CC6)CC5)CC4)cc3C2=O)C(=O)N1. The van der Waals surface area contributed by atoms with Crippen molar-refractivity contribution in [3.05, 3.63) is 65.9 Å². The van der Waals surface area contributed by atoms with Crippen LogP contribution < -0.4 is 15.1 Å². The molecule has 4 saturated heterocycles. The first-order valence-corrected chi connectivity index (χ1v) is 19.0. The molecule has 0 bridgehead atoms. The predicted octanol–water partition coefficient (Wildman–Crippen LogP) is 3.18. The number of imide groups is 2. The molecule has 2 aromatic heterocycles. The van der Waals surface area contributed by atoms with Crippen LogP contribution in [0.3, 0.4) is 0 Å². The third-order valence-corrected chi connectivity index (χ3v) is 12.1. The molecule has 0 saturated carbocycles. The van der Waals surface area contributed by atoms with E-state index < -0.39 is 23.8 Å². The maximum absolute atomic E-state index is 13.3. The summed E-state index contributed by atoms with van der Waals surface area (Å²) in [5, 5.41) is 2.26. The zero-order chi connectivity index (χ0) is 35.3. The van der Waals surface area contributed by atoms with Gasteiger partial charge in [-0.1, -0.05) is 12.1 Å². The summed E-state index contributed by atoms with van der Waals surface area (Å²) in [7, 11) is 0. The Kier molecular flexibility index (Phi) is 8.62. The number of aromatic nitrogens is 3. The van der Waals surface area contributed by atoms with E-state index in [-0.39, 0.29) is 18.7 Å². The third kappa shape index (κ3) is 6.09. The number of imidazole rings is 1. The highest BCUT2D eigenvalue weighted by Crippen LogP contribution is 2.32. The molecule has 52 heavy (non-hydrogen) atoms. The number of benzene rings is 2. The van der Waals surface area contributed by atoms with Crippen LogP contribution in [0.1, 0.15) is 65.7 Å². The molecule has 5 aliphatic rings. The Balaban J connectivity index is 0.714. The molecule has 13 nitrogen and oxygen atoms in total. The summed E-state index contributed by atoms with van der Waals surface area (Å²) in [5.41, 5.74) is 3.66. The topological polar surface area (TPSA) is 127 Å². The number of likely N-dealkylation sites (tertiary alicyclic amines) is 1. The Bertz CT molecular complexity index is 2040. The Labute approximate surface area is 302 Å². The van der Waals surface area contributed by atoms with E-state index in [0.29, 0.717) is 17.2 Å². The van der Waals surface area contributed by atoms with E-state index in [2.05, 4.69) is 47.6 Å². The number of anilines is 2. The molecular weight excluding hydrogens is 658 g/mol. The summed E-state index contributed by atoms with van der Waals surface area (Å²) in [6.07, 6.45) is 8.48. The number of rotatable bonds is 7. The van der Waals surface area contributed by atoms with Crippen molar-refractivity contribution in [2.24, 2.45) is 5.92 Å². The van der Waals surface area contributed by atoms with Gasteiger partial charge in [0.1, 0.15) is 11.9 Å². The maximum Gasteiger partial charge on any atom is 0.262 e. The van der Waals surface area contributed by atoms with Crippen LogP contribution in [0.2, 0.25) is 0 Å². The highest BCUT2D eigenvalue weighted by Gasteiger charge is 2.45. The summed E-state index contributed by atoms with van der Waals surface area (Å²) < 4.78 is 2.07. The van der Waals surface area contributed by atoms with Gasteiger partial charge in [0.05, 0.1) is 22.2 Å². The molecule has 4 aromatic rings. The first-order valence-electron chi connectivity index (χ1n) is 19.0. The van der Waals surface area contributed by atoms with Crippen LogP contribution in [0.25, 0.3) is 16.8 Å². The smallest absolute Gasteiger partial charge is 0.262 e. The lowest BCUT2D eigenvalue weighted by molar-refractivity contribution is -0.136. The second kappa shape index (κ2) is 13.6. The van der Waals surface area contributed by atoms with Gasteiger partial charge in [0.25, 0.3) is 11.8 Å². The molecule has 1 atom stereocenters. The van der Waals surface area contributed by atoms with E-state index in [0.717, 1.165) is 84.9 Å².